The zero-order chi connectivity index (χ0) is 12.4. The number of carbonyl (C=O) groups is 1. The molecule has 3 N–H and O–H groups in total. The minimum Gasteiger partial charge on any atom is -0.478 e. The van der Waals surface area contributed by atoms with Crippen molar-refractivity contribution in [1.29, 1.82) is 0 Å². The Morgan fingerprint density at radius 1 is 1.47 bits per heavy atom. The van der Waals surface area contributed by atoms with Gasteiger partial charge in [-0.2, -0.15) is 0 Å². The van der Waals surface area contributed by atoms with Crippen LogP contribution in [0.4, 0.5) is 10.1 Å². The fraction of sp³-hybridized carbons (Fsp3) is 0.417. The van der Waals surface area contributed by atoms with Crippen molar-refractivity contribution < 1.29 is 19.4 Å². The van der Waals surface area contributed by atoms with Gasteiger partial charge in [0.1, 0.15) is 5.82 Å². The van der Waals surface area contributed by atoms with Crippen molar-refractivity contribution in [3.63, 3.8) is 0 Å². The van der Waals surface area contributed by atoms with Gasteiger partial charge in [-0.3, -0.25) is 0 Å². The summed E-state index contributed by atoms with van der Waals surface area (Å²) in [6, 6.07) is 3.79. The van der Waals surface area contributed by atoms with E-state index in [4.69, 9.17) is 10.2 Å². The Hall–Kier alpha value is -1.62. The van der Waals surface area contributed by atoms with E-state index in [9.17, 15) is 9.18 Å². The zero-order valence-corrected chi connectivity index (χ0v) is 9.19. The van der Waals surface area contributed by atoms with Crippen molar-refractivity contribution >= 4 is 11.7 Å². The quantitative estimate of drug-likeness (QED) is 0.748. The summed E-state index contributed by atoms with van der Waals surface area (Å²) in [5.74, 6) is -1.34. The summed E-state index contributed by atoms with van der Waals surface area (Å²) < 4.78 is 13.5. The van der Waals surface area contributed by atoms with Crippen LogP contribution in [0, 0.1) is 11.7 Å². The van der Waals surface area contributed by atoms with Crippen LogP contribution in [0.5, 0.6) is 0 Å². The fourth-order valence-electron chi connectivity index (χ4n) is 1.91. The highest BCUT2D eigenvalue weighted by molar-refractivity contribution is 5.88. The first-order chi connectivity index (χ1) is 8.06. The molecule has 0 amide bonds. The summed E-state index contributed by atoms with van der Waals surface area (Å²) in [4.78, 5) is 10.6. The molecule has 0 bridgehead atoms. The molecule has 0 saturated heterocycles. The Balaban J connectivity index is 1.94. The summed E-state index contributed by atoms with van der Waals surface area (Å²) in [6.45, 7) is 0.598. The number of nitrogens with one attached hydrogen (secondary N) is 1. The monoisotopic (exact) mass is 239 g/mol. The fourth-order valence-corrected chi connectivity index (χ4v) is 1.91. The number of hydrogen-bond acceptors (Lipinski definition) is 3. The van der Waals surface area contributed by atoms with Gasteiger partial charge in [-0.05, 0) is 37.0 Å². The predicted octanol–water partition coefficient (Wildman–Crippen LogP) is 1.71. The van der Waals surface area contributed by atoms with Crippen LogP contribution in [0.25, 0.3) is 0 Å². The Morgan fingerprint density at radius 2 is 2.18 bits per heavy atom. The van der Waals surface area contributed by atoms with Gasteiger partial charge in [0, 0.05) is 6.54 Å². The van der Waals surface area contributed by atoms with Crippen LogP contribution >= 0.6 is 0 Å². The van der Waals surface area contributed by atoms with Crippen molar-refractivity contribution in [3.8, 4) is 0 Å². The predicted molar refractivity (Wildman–Crippen MR) is 60.6 cm³/mol. The normalized spacial score (nSPS) is 22.9. The van der Waals surface area contributed by atoms with Crippen LogP contribution in [0.1, 0.15) is 23.2 Å². The lowest BCUT2D eigenvalue weighted by atomic mass is 9.82. The van der Waals surface area contributed by atoms with Crippen LogP contribution in [0.2, 0.25) is 0 Å². The van der Waals surface area contributed by atoms with E-state index in [2.05, 4.69) is 5.32 Å². The minimum absolute atomic E-state index is 0.0629. The van der Waals surface area contributed by atoms with Crippen LogP contribution in [0.15, 0.2) is 18.2 Å². The lowest BCUT2D eigenvalue weighted by Crippen LogP contribution is -2.33. The Morgan fingerprint density at radius 3 is 2.71 bits per heavy atom. The molecule has 4 nitrogen and oxygen atoms in total. The molecule has 92 valence electrons. The molecular formula is C12H14FNO3. The lowest BCUT2D eigenvalue weighted by Gasteiger charge is -2.31. The van der Waals surface area contributed by atoms with Crippen LogP contribution < -0.4 is 5.32 Å². The van der Waals surface area contributed by atoms with Crippen LogP contribution in [0.3, 0.4) is 0 Å². The highest BCUT2D eigenvalue weighted by Gasteiger charge is 2.26. The number of carboxylic acids is 1. The SMILES string of the molecule is O=C(O)c1ccc(NCC2CC(O)C2)c(F)c1. The standard InChI is InChI=1S/C12H14FNO3/c13-10-5-8(12(16)17)1-2-11(10)14-6-7-3-9(15)4-7/h1-2,5,7,9,14-15H,3-4,6H2,(H,16,17). The second-order valence-electron chi connectivity index (χ2n) is 4.37. The molecule has 0 spiro atoms. The second-order valence-corrected chi connectivity index (χ2v) is 4.37. The van der Waals surface area contributed by atoms with Crippen molar-refractivity contribution in [2.45, 2.75) is 18.9 Å². The molecule has 0 aliphatic heterocycles. The molecule has 0 atom stereocenters. The number of aromatic carboxylic acids is 1. The molecule has 1 saturated carbocycles. The van der Waals surface area contributed by atoms with Gasteiger partial charge in [0.15, 0.2) is 0 Å². The summed E-state index contributed by atoms with van der Waals surface area (Å²) in [7, 11) is 0. The highest BCUT2D eigenvalue weighted by Crippen LogP contribution is 2.27. The molecule has 0 radical (unpaired) electrons. The number of halogens is 1. The first-order valence-corrected chi connectivity index (χ1v) is 5.51. The van der Waals surface area contributed by atoms with E-state index in [-0.39, 0.29) is 11.7 Å². The third-order valence-corrected chi connectivity index (χ3v) is 3.01. The van der Waals surface area contributed by atoms with Gasteiger partial charge in [0.25, 0.3) is 0 Å². The van der Waals surface area contributed by atoms with E-state index in [0.29, 0.717) is 18.2 Å². The number of hydrogen-bond donors (Lipinski definition) is 3. The minimum atomic E-state index is -1.14. The van der Waals surface area contributed by atoms with Crippen molar-refractivity contribution in [3.05, 3.63) is 29.6 Å². The average Bonchev–Trinajstić information content (AvgIpc) is 2.24. The molecule has 0 unspecified atom stereocenters. The molecule has 0 heterocycles. The smallest absolute Gasteiger partial charge is 0.335 e. The number of rotatable bonds is 4. The summed E-state index contributed by atoms with van der Waals surface area (Å²) >= 11 is 0. The van der Waals surface area contributed by atoms with Gasteiger partial charge in [0.05, 0.1) is 17.4 Å². The van der Waals surface area contributed by atoms with E-state index in [1.165, 1.54) is 12.1 Å². The molecule has 17 heavy (non-hydrogen) atoms. The van der Waals surface area contributed by atoms with Crippen LogP contribution in [-0.4, -0.2) is 28.8 Å². The molecule has 1 aromatic carbocycles. The number of benzene rings is 1. The van der Waals surface area contributed by atoms with E-state index < -0.39 is 11.8 Å². The highest BCUT2D eigenvalue weighted by atomic mass is 19.1. The average molecular weight is 239 g/mol. The van der Waals surface area contributed by atoms with Gasteiger partial charge in [-0.15, -0.1) is 0 Å². The topological polar surface area (TPSA) is 69.6 Å². The molecule has 1 aliphatic carbocycles. The van der Waals surface area contributed by atoms with Gasteiger partial charge >= 0.3 is 5.97 Å². The first-order valence-electron chi connectivity index (χ1n) is 5.51. The summed E-state index contributed by atoms with van der Waals surface area (Å²) in [5.41, 5.74) is 0.239. The van der Waals surface area contributed by atoms with E-state index in [1.54, 1.807) is 0 Å². The van der Waals surface area contributed by atoms with Crippen molar-refractivity contribution in [1.82, 2.24) is 0 Å². The van der Waals surface area contributed by atoms with Gasteiger partial charge in [-0.25, -0.2) is 9.18 Å². The maximum Gasteiger partial charge on any atom is 0.335 e. The maximum atomic E-state index is 13.5. The Bertz CT molecular complexity index is 430. The number of anilines is 1. The number of carboxylic acid groups (broad SMARTS) is 1. The van der Waals surface area contributed by atoms with E-state index in [1.807, 2.05) is 0 Å². The third kappa shape index (κ3) is 2.74. The lowest BCUT2D eigenvalue weighted by molar-refractivity contribution is 0.0486. The van der Waals surface area contributed by atoms with Crippen molar-refractivity contribution in [2.24, 2.45) is 5.92 Å². The van der Waals surface area contributed by atoms with Gasteiger partial charge < -0.3 is 15.5 Å². The molecule has 1 aliphatic rings. The van der Waals surface area contributed by atoms with Crippen molar-refractivity contribution in [2.75, 3.05) is 11.9 Å². The third-order valence-electron chi connectivity index (χ3n) is 3.01. The summed E-state index contributed by atoms with van der Waals surface area (Å²) in [5, 5.41) is 20.7. The zero-order valence-electron chi connectivity index (χ0n) is 9.19. The molecule has 2 rings (SSSR count). The molecular weight excluding hydrogens is 225 g/mol. The van der Waals surface area contributed by atoms with Gasteiger partial charge in [-0.1, -0.05) is 0 Å². The Kier molecular flexibility index (Phi) is 3.28. The van der Waals surface area contributed by atoms with E-state index >= 15 is 0 Å². The molecule has 1 fully saturated rings. The number of aliphatic hydroxyl groups is 1. The summed E-state index contributed by atoms with van der Waals surface area (Å²) in [6.07, 6.45) is 1.25. The largest absolute Gasteiger partial charge is 0.478 e. The Labute approximate surface area is 98.1 Å². The first kappa shape index (κ1) is 11.9. The van der Waals surface area contributed by atoms with E-state index in [0.717, 1.165) is 18.9 Å². The maximum absolute atomic E-state index is 13.5. The molecule has 1 aromatic rings. The number of aliphatic hydroxyl groups excluding tert-OH is 1. The molecule has 5 heteroatoms. The van der Waals surface area contributed by atoms with Gasteiger partial charge in [0.2, 0.25) is 0 Å². The van der Waals surface area contributed by atoms with Crippen LogP contribution in [-0.2, 0) is 0 Å². The molecule has 0 aromatic heterocycles. The second kappa shape index (κ2) is 4.71.